The summed E-state index contributed by atoms with van der Waals surface area (Å²) in [7, 11) is 0. The highest BCUT2D eigenvalue weighted by Crippen LogP contribution is 2.40. The third kappa shape index (κ3) is 5.17. The number of nitro benzene ring substituents is 1. The number of carbonyl (C=O) groups is 3. The molecule has 3 aromatic rings. The van der Waals surface area contributed by atoms with E-state index in [1.165, 1.54) is 23.3 Å². The van der Waals surface area contributed by atoms with Crippen LogP contribution < -0.4 is 10.2 Å². The lowest BCUT2D eigenvalue weighted by molar-refractivity contribution is -0.384. The quantitative estimate of drug-likeness (QED) is 0.352. The fraction of sp³-hybridized carbons (Fsp3) is 0.296. The van der Waals surface area contributed by atoms with E-state index < -0.39 is 10.5 Å². The Morgan fingerprint density at radius 2 is 1.82 bits per heavy atom. The molecule has 0 bridgehead atoms. The molecule has 0 aliphatic carbocycles. The van der Waals surface area contributed by atoms with Crippen LogP contribution in [0.25, 0.3) is 0 Å². The van der Waals surface area contributed by atoms with E-state index in [1.807, 2.05) is 35.2 Å². The van der Waals surface area contributed by atoms with Gasteiger partial charge in [0.2, 0.25) is 5.91 Å². The number of nitro groups is 1. The first-order valence-corrected chi connectivity index (χ1v) is 12.8. The largest absolute Gasteiger partial charge is 0.467 e. The predicted molar refractivity (Wildman–Crippen MR) is 142 cm³/mol. The number of benzene rings is 2. The standard InChI is InChI=1S/C27H26ClN5O6/c28-23-15-20(33(37)38)8-9-22(23)25(35)30-12-10-27(11-13-30)26(36)31(18-32(27)19-5-2-1-3-6-19)17-24(34)29-16-21-7-4-14-39-21/h1-9,14-15H,10-13,16-18H2,(H,29,34). The SMILES string of the molecule is O=C(CN1CN(c2ccccc2)C2(CCN(C(=O)c3ccc([N+](=O)[O-])cc3Cl)CC2)C1=O)NCc1ccco1. The van der Waals surface area contributed by atoms with Crippen LogP contribution in [0.15, 0.2) is 71.3 Å². The molecule has 2 saturated heterocycles. The number of carbonyl (C=O) groups excluding carboxylic acids is 3. The summed E-state index contributed by atoms with van der Waals surface area (Å²) < 4.78 is 5.25. The molecule has 3 amide bonds. The molecule has 39 heavy (non-hydrogen) atoms. The van der Waals surface area contributed by atoms with Gasteiger partial charge in [0.05, 0.1) is 35.0 Å². The molecule has 1 spiro atoms. The summed E-state index contributed by atoms with van der Waals surface area (Å²) in [5.41, 5.74) is -0.0932. The van der Waals surface area contributed by atoms with Gasteiger partial charge in [-0.05, 0) is 43.2 Å². The summed E-state index contributed by atoms with van der Waals surface area (Å²) in [6.07, 6.45) is 2.23. The smallest absolute Gasteiger partial charge is 0.270 e. The van der Waals surface area contributed by atoms with Crippen molar-refractivity contribution in [2.75, 3.05) is 31.2 Å². The molecule has 1 N–H and O–H groups in total. The monoisotopic (exact) mass is 551 g/mol. The molecular weight excluding hydrogens is 526 g/mol. The van der Waals surface area contributed by atoms with Gasteiger partial charge in [-0.3, -0.25) is 24.5 Å². The molecule has 2 aromatic carbocycles. The second kappa shape index (κ2) is 10.8. The Kier molecular flexibility index (Phi) is 7.25. The zero-order chi connectivity index (χ0) is 27.6. The number of halogens is 1. The molecule has 2 aliphatic heterocycles. The molecule has 2 aliphatic rings. The highest BCUT2D eigenvalue weighted by molar-refractivity contribution is 6.34. The molecule has 3 heterocycles. The number of likely N-dealkylation sites (tertiary alicyclic amines) is 1. The molecule has 11 nitrogen and oxygen atoms in total. The molecule has 0 radical (unpaired) electrons. The first-order valence-electron chi connectivity index (χ1n) is 12.4. The highest BCUT2D eigenvalue weighted by Gasteiger charge is 2.54. The fourth-order valence-electron chi connectivity index (χ4n) is 5.19. The summed E-state index contributed by atoms with van der Waals surface area (Å²) in [6, 6.07) is 16.8. The van der Waals surface area contributed by atoms with Crippen LogP contribution in [0.2, 0.25) is 5.02 Å². The number of anilines is 1. The zero-order valence-electron chi connectivity index (χ0n) is 20.9. The molecule has 0 saturated carbocycles. The predicted octanol–water partition coefficient (Wildman–Crippen LogP) is 3.44. The third-order valence-electron chi connectivity index (χ3n) is 7.23. The maximum absolute atomic E-state index is 13.8. The lowest BCUT2D eigenvalue weighted by Crippen LogP contribution is -2.57. The Hall–Kier alpha value is -4.38. The van der Waals surface area contributed by atoms with Gasteiger partial charge in [-0.25, -0.2) is 0 Å². The Morgan fingerprint density at radius 3 is 2.46 bits per heavy atom. The molecule has 1 aromatic heterocycles. The van der Waals surface area contributed by atoms with Gasteiger partial charge in [0.25, 0.3) is 17.5 Å². The number of nitrogens with one attached hydrogen (secondary N) is 1. The lowest BCUT2D eigenvalue weighted by atomic mass is 9.85. The van der Waals surface area contributed by atoms with E-state index in [0.717, 1.165) is 11.8 Å². The van der Waals surface area contributed by atoms with E-state index in [2.05, 4.69) is 5.32 Å². The van der Waals surface area contributed by atoms with Crippen molar-refractivity contribution in [2.24, 2.45) is 0 Å². The van der Waals surface area contributed by atoms with Gasteiger partial charge in [0.1, 0.15) is 17.8 Å². The maximum Gasteiger partial charge on any atom is 0.270 e. The van der Waals surface area contributed by atoms with Gasteiger partial charge in [0, 0.05) is 30.9 Å². The van der Waals surface area contributed by atoms with Crippen LogP contribution in [-0.4, -0.2) is 64.3 Å². The van der Waals surface area contributed by atoms with Crippen molar-refractivity contribution in [1.82, 2.24) is 15.1 Å². The average molecular weight is 552 g/mol. The number of piperidine rings is 1. The Labute approximate surface area is 229 Å². The average Bonchev–Trinajstić information content (AvgIpc) is 3.55. The van der Waals surface area contributed by atoms with Gasteiger partial charge in [0.15, 0.2) is 0 Å². The number of non-ortho nitro benzene ring substituents is 1. The molecular formula is C27H26ClN5O6. The molecule has 0 unspecified atom stereocenters. The highest BCUT2D eigenvalue weighted by atomic mass is 35.5. The fourth-order valence-corrected chi connectivity index (χ4v) is 5.45. The maximum atomic E-state index is 13.8. The van der Waals surface area contributed by atoms with Gasteiger partial charge in [-0.2, -0.15) is 0 Å². The Morgan fingerprint density at radius 1 is 1.08 bits per heavy atom. The van der Waals surface area contributed by atoms with Crippen molar-refractivity contribution in [3.8, 4) is 0 Å². The summed E-state index contributed by atoms with van der Waals surface area (Å²) in [6.45, 7) is 0.911. The van der Waals surface area contributed by atoms with Gasteiger partial charge < -0.3 is 24.4 Å². The van der Waals surface area contributed by atoms with Crippen LogP contribution in [0.4, 0.5) is 11.4 Å². The van der Waals surface area contributed by atoms with Crippen LogP contribution in [0, 0.1) is 10.1 Å². The third-order valence-corrected chi connectivity index (χ3v) is 7.54. The van der Waals surface area contributed by atoms with Crippen LogP contribution in [0.1, 0.15) is 29.0 Å². The summed E-state index contributed by atoms with van der Waals surface area (Å²) in [4.78, 5) is 55.3. The molecule has 2 fully saturated rings. The van der Waals surface area contributed by atoms with Crippen molar-refractivity contribution in [3.63, 3.8) is 0 Å². The minimum absolute atomic E-state index is 0.00378. The topological polar surface area (TPSA) is 129 Å². The summed E-state index contributed by atoms with van der Waals surface area (Å²) in [5, 5.41) is 13.8. The van der Waals surface area contributed by atoms with Gasteiger partial charge in [-0.15, -0.1) is 0 Å². The molecule has 202 valence electrons. The zero-order valence-corrected chi connectivity index (χ0v) is 21.7. The van der Waals surface area contributed by atoms with Crippen molar-refractivity contribution in [1.29, 1.82) is 0 Å². The van der Waals surface area contributed by atoms with Crippen LogP contribution in [0.5, 0.6) is 0 Å². The number of nitrogens with zero attached hydrogens (tertiary/aromatic N) is 4. The van der Waals surface area contributed by atoms with E-state index in [-0.39, 0.29) is 66.8 Å². The molecule has 5 rings (SSSR count). The van der Waals surface area contributed by atoms with Crippen molar-refractivity contribution in [3.05, 3.63) is 93.4 Å². The van der Waals surface area contributed by atoms with Crippen LogP contribution >= 0.6 is 11.6 Å². The first-order chi connectivity index (χ1) is 18.8. The number of rotatable bonds is 7. The number of amides is 3. The molecule has 0 atom stereocenters. The number of hydrogen-bond acceptors (Lipinski definition) is 7. The van der Waals surface area contributed by atoms with E-state index in [0.29, 0.717) is 18.6 Å². The minimum Gasteiger partial charge on any atom is -0.467 e. The van der Waals surface area contributed by atoms with Gasteiger partial charge >= 0.3 is 0 Å². The van der Waals surface area contributed by atoms with E-state index in [4.69, 9.17) is 16.0 Å². The summed E-state index contributed by atoms with van der Waals surface area (Å²) >= 11 is 6.20. The van der Waals surface area contributed by atoms with E-state index >= 15 is 0 Å². The minimum atomic E-state index is -0.918. The Bertz CT molecular complexity index is 1390. The summed E-state index contributed by atoms with van der Waals surface area (Å²) in [5.74, 6) is -0.204. The number of hydrogen-bond donors (Lipinski definition) is 1. The second-order valence-electron chi connectivity index (χ2n) is 9.51. The van der Waals surface area contributed by atoms with Gasteiger partial charge in [-0.1, -0.05) is 29.8 Å². The van der Waals surface area contributed by atoms with Crippen LogP contribution in [0.3, 0.4) is 0 Å². The second-order valence-corrected chi connectivity index (χ2v) is 9.92. The lowest BCUT2D eigenvalue weighted by Gasteiger charge is -2.43. The molecule has 12 heteroatoms. The normalized spacial score (nSPS) is 16.5. The van der Waals surface area contributed by atoms with Crippen LogP contribution in [-0.2, 0) is 16.1 Å². The first kappa shape index (κ1) is 26.2. The Balaban J connectivity index is 1.31. The van der Waals surface area contributed by atoms with Crippen molar-refractivity contribution >= 4 is 40.7 Å². The van der Waals surface area contributed by atoms with E-state index in [1.54, 1.807) is 17.0 Å². The van der Waals surface area contributed by atoms with Crippen molar-refractivity contribution < 1.29 is 23.7 Å². The number of furan rings is 1. The van der Waals surface area contributed by atoms with Crippen molar-refractivity contribution in [2.45, 2.75) is 24.9 Å². The number of para-hydroxylation sites is 1. The van der Waals surface area contributed by atoms with E-state index in [9.17, 15) is 24.5 Å².